The summed E-state index contributed by atoms with van der Waals surface area (Å²) in [6.07, 6.45) is 8.22. The Morgan fingerprint density at radius 2 is 1.26 bits per heavy atom. The third-order valence-corrected chi connectivity index (χ3v) is 14.1. The highest BCUT2D eigenvalue weighted by molar-refractivity contribution is 5.66. The number of fused-ring (bicyclic) bond motifs is 5. The lowest BCUT2D eigenvalue weighted by atomic mass is 9.44. The lowest BCUT2D eigenvalue weighted by molar-refractivity contribution is -0.894. The SMILES string of the molecule is CC(=O)O[C@H]1CC2CCC3C(CC[C@@]4(C)C3C[C@H](N3CC[N+](C)(C)CC3)[C@@H]4OC(C)=O)[C@@]2(C)C[C@@H]1N1CC[N+](C)(C)CC1. The standard InChI is InChI=1S/C35H62N4O4/c1-24(40)42-32-21-26-9-10-27-28(35(26,4)23-31(32)37-15-19-39(7,8)20-16-37)11-12-34(3)29(27)22-30(33(34)43-25(2)41)36-13-17-38(5,6)18-14-36/h26-33H,9-23H2,1-8H3/q+2/t26?,27?,28?,29?,30-,31-,32-,33-,34-,35-/m0/s1. The van der Waals surface area contributed by atoms with Gasteiger partial charge >= 0.3 is 11.9 Å². The maximum absolute atomic E-state index is 12.5. The molecule has 10 atom stereocenters. The summed E-state index contributed by atoms with van der Waals surface area (Å²) in [7, 11) is 9.36. The minimum Gasteiger partial charge on any atom is -0.461 e. The number of carbonyl (C=O) groups is 2. The van der Waals surface area contributed by atoms with E-state index in [0.29, 0.717) is 35.8 Å². The van der Waals surface area contributed by atoms with Gasteiger partial charge in [0.2, 0.25) is 0 Å². The summed E-state index contributed by atoms with van der Waals surface area (Å²) in [5, 5.41) is 0. The molecule has 0 aromatic carbocycles. The van der Waals surface area contributed by atoms with Gasteiger partial charge in [0.15, 0.2) is 0 Å². The Hall–Kier alpha value is -1.22. The predicted molar refractivity (Wildman–Crippen MR) is 168 cm³/mol. The molecule has 8 nitrogen and oxygen atoms in total. The highest BCUT2D eigenvalue weighted by Crippen LogP contribution is 2.67. The third kappa shape index (κ3) is 5.81. The van der Waals surface area contributed by atoms with Crippen LogP contribution in [0.3, 0.4) is 0 Å². The van der Waals surface area contributed by atoms with Crippen molar-refractivity contribution in [2.75, 3.05) is 80.5 Å². The molecule has 6 rings (SSSR count). The van der Waals surface area contributed by atoms with Crippen molar-refractivity contribution in [3.05, 3.63) is 0 Å². The van der Waals surface area contributed by atoms with Gasteiger partial charge < -0.3 is 18.4 Å². The van der Waals surface area contributed by atoms with E-state index in [1.54, 1.807) is 13.8 Å². The third-order valence-electron chi connectivity index (χ3n) is 14.1. The number of piperazine rings is 2. The van der Waals surface area contributed by atoms with Crippen LogP contribution in [-0.2, 0) is 19.1 Å². The number of quaternary nitrogens is 2. The molecule has 2 saturated heterocycles. The van der Waals surface area contributed by atoms with Gasteiger partial charge in [0, 0.05) is 57.5 Å². The number of nitrogens with zero attached hydrogens (tertiary/aromatic N) is 4. The average molecular weight is 603 g/mol. The van der Waals surface area contributed by atoms with Gasteiger partial charge in [-0.05, 0) is 74.0 Å². The van der Waals surface area contributed by atoms with Gasteiger partial charge in [0.25, 0.3) is 0 Å². The van der Waals surface area contributed by atoms with Crippen LogP contribution >= 0.6 is 0 Å². The summed E-state index contributed by atoms with van der Waals surface area (Å²) in [5.74, 6) is 2.35. The summed E-state index contributed by atoms with van der Waals surface area (Å²) in [6, 6.07) is 0.656. The highest BCUT2D eigenvalue weighted by atomic mass is 16.5. The van der Waals surface area contributed by atoms with Gasteiger partial charge in [-0.3, -0.25) is 19.4 Å². The number of ether oxygens (including phenoxy) is 2. The Kier molecular flexibility index (Phi) is 8.30. The van der Waals surface area contributed by atoms with Crippen molar-refractivity contribution in [2.24, 2.45) is 34.5 Å². The van der Waals surface area contributed by atoms with Crippen molar-refractivity contribution in [2.45, 2.75) is 96.9 Å². The summed E-state index contributed by atoms with van der Waals surface area (Å²) < 4.78 is 14.6. The first-order chi connectivity index (χ1) is 20.1. The second kappa shape index (κ2) is 11.2. The molecule has 4 saturated carbocycles. The fourth-order valence-electron chi connectivity index (χ4n) is 11.4. The Morgan fingerprint density at radius 3 is 1.81 bits per heavy atom. The van der Waals surface area contributed by atoms with Crippen LogP contribution in [0.1, 0.15) is 72.6 Å². The van der Waals surface area contributed by atoms with Crippen LogP contribution < -0.4 is 0 Å². The maximum Gasteiger partial charge on any atom is 0.302 e. The van der Waals surface area contributed by atoms with Gasteiger partial charge in [0.1, 0.15) is 12.2 Å². The van der Waals surface area contributed by atoms with Gasteiger partial charge in [-0.2, -0.15) is 0 Å². The fraction of sp³-hybridized carbons (Fsp3) is 0.943. The molecule has 2 aliphatic heterocycles. The van der Waals surface area contributed by atoms with Crippen LogP contribution in [0.2, 0.25) is 0 Å². The van der Waals surface area contributed by atoms with Gasteiger partial charge in [-0.25, -0.2) is 0 Å². The largest absolute Gasteiger partial charge is 0.461 e. The zero-order chi connectivity index (χ0) is 30.9. The van der Waals surface area contributed by atoms with Crippen LogP contribution in [0.5, 0.6) is 0 Å². The van der Waals surface area contributed by atoms with E-state index in [4.69, 9.17) is 9.47 Å². The molecule has 2 heterocycles. The second-order valence-corrected chi connectivity index (χ2v) is 17.5. The molecule has 0 N–H and O–H groups in total. The van der Waals surface area contributed by atoms with Crippen molar-refractivity contribution in [3.8, 4) is 0 Å². The maximum atomic E-state index is 12.5. The molecule has 6 aliphatic rings. The highest BCUT2D eigenvalue weighted by Gasteiger charge is 2.65. The molecular weight excluding hydrogens is 540 g/mol. The van der Waals surface area contributed by atoms with Crippen molar-refractivity contribution in [1.82, 2.24) is 9.80 Å². The summed E-state index contributed by atoms with van der Waals surface area (Å²) in [4.78, 5) is 30.2. The van der Waals surface area contributed by atoms with Gasteiger partial charge in [-0.1, -0.05) is 13.8 Å². The lowest BCUT2D eigenvalue weighted by Crippen LogP contribution is -2.64. The molecule has 4 aliphatic carbocycles. The zero-order valence-electron chi connectivity index (χ0n) is 28.6. The van der Waals surface area contributed by atoms with E-state index in [-0.39, 0.29) is 35.0 Å². The average Bonchev–Trinajstić information content (AvgIpc) is 3.20. The Morgan fingerprint density at radius 1 is 0.698 bits per heavy atom. The first kappa shape index (κ1) is 31.7. The van der Waals surface area contributed by atoms with E-state index in [2.05, 4.69) is 51.8 Å². The Labute approximate surface area is 261 Å². The second-order valence-electron chi connectivity index (χ2n) is 17.5. The molecule has 0 bridgehead atoms. The smallest absolute Gasteiger partial charge is 0.302 e. The molecule has 8 heteroatoms. The summed E-state index contributed by atoms with van der Waals surface area (Å²) >= 11 is 0. The first-order valence-electron chi connectivity index (χ1n) is 17.6. The topological polar surface area (TPSA) is 59.1 Å². The van der Waals surface area contributed by atoms with Gasteiger partial charge in [0.05, 0.1) is 54.4 Å². The Balaban J connectivity index is 1.26. The molecule has 244 valence electrons. The number of esters is 2. The minimum absolute atomic E-state index is 0.00234. The molecule has 43 heavy (non-hydrogen) atoms. The van der Waals surface area contributed by atoms with Crippen LogP contribution in [0.15, 0.2) is 0 Å². The van der Waals surface area contributed by atoms with Crippen molar-refractivity contribution in [3.63, 3.8) is 0 Å². The van der Waals surface area contributed by atoms with E-state index < -0.39 is 0 Å². The van der Waals surface area contributed by atoms with Crippen LogP contribution in [0.25, 0.3) is 0 Å². The van der Waals surface area contributed by atoms with E-state index in [9.17, 15) is 9.59 Å². The first-order valence-corrected chi connectivity index (χ1v) is 17.6. The number of likely N-dealkylation sites (N-methyl/N-ethyl adjacent to an activating group) is 2. The van der Waals surface area contributed by atoms with Crippen LogP contribution in [-0.4, -0.2) is 136 Å². The van der Waals surface area contributed by atoms with Crippen LogP contribution in [0, 0.1) is 34.5 Å². The summed E-state index contributed by atoms with van der Waals surface area (Å²) in [5.41, 5.74) is 0.308. The minimum atomic E-state index is -0.123. The van der Waals surface area contributed by atoms with E-state index in [0.717, 1.165) is 80.6 Å². The molecule has 0 aromatic rings. The quantitative estimate of drug-likeness (QED) is 0.362. The van der Waals surface area contributed by atoms with E-state index in [1.807, 2.05) is 0 Å². The molecule has 0 spiro atoms. The number of hydrogen-bond donors (Lipinski definition) is 0. The van der Waals surface area contributed by atoms with Crippen molar-refractivity contribution < 1.29 is 28.0 Å². The normalized spacial score (nSPS) is 46.2. The number of rotatable bonds is 4. The van der Waals surface area contributed by atoms with E-state index >= 15 is 0 Å². The number of carbonyl (C=O) groups excluding carboxylic acids is 2. The lowest BCUT2D eigenvalue weighted by Gasteiger charge is -2.62. The Bertz CT molecular complexity index is 1060. The monoisotopic (exact) mass is 602 g/mol. The summed E-state index contributed by atoms with van der Waals surface area (Å²) in [6.45, 7) is 17.3. The zero-order valence-corrected chi connectivity index (χ0v) is 28.6. The van der Waals surface area contributed by atoms with Gasteiger partial charge in [-0.15, -0.1) is 0 Å². The number of hydrogen-bond acceptors (Lipinski definition) is 6. The van der Waals surface area contributed by atoms with E-state index in [1.165, 1.54) is 25.7 Å². The van der Waals surface area contributed by atoms with Crippen LogP contribution in [0.4, 0.5) is 0 Å². The van der Waals surface area contributed by atoms with Crippen molar-refractivity contribution >= 4 is 11.9 Å². The molecule has 0 amide bonds. The molecular formula is C35H62N4O4+2. The molecule has 6 fully saturated rings. The molecule has 0 radical (unpaired) electrons. The predicted octanol–water partition coefficient (Wildman–Crippen LogP) is 3.63. The molecule has 0 aromatic heterocycles. The molecule has 4 unspecified atom stereocenters. The van der Waals surface area contributed by atoms with Crippen molar-refractivity contribution in [1.29, 1.82) is 0 Å². The fourth-order valence-corrected chi connectivity index (χ4v) is 11.4.